The summed E-state index contributed by atoms with van der Waals surface area (Å²) in [7, 11) is 0. The predicted octanol–water partition coefficient (Wildman–Crippen LogP) is 5.97. The minimum Gasteiger partial charge on any atom is -0.506 e. The van der Waals surface area contributed by atoms with Crippen LogP contribution < -0.4 is 5.32 Å². The number of hydrogen-bond acceptors (Lipinski definition) is 4. The summed E-state index contributed by atoms with van der Waals surface area (Å²) in [6.45, 7) is 3.97. The number of aromatic hydroxyl groups is 1. The molecule has 0 radical (unpaired) electrons. The molecule has 0 bridgehead atoms. The fourth-order valence-electron chi connectivity index (χ4n) is 2.42. The van der Waals surface area contributed by atoms with Gasteiger partial charge in [-0.1, -0.05) is 39.1 Å². The second-order valence-corrected chi connectivity index (χ2v) is 8.37. The van der Waals surface area contributed by atoms with Crippen molar-refractivity contribution in [3.63, 3.8) is 0 Å². The summed E-state index contributed by atoms with van der Waals surface area (Å²) in [5.41, 5.74) is 3.25. The van der Waals surface area contributed by atoms with E-state index < -0.39 is 0 Å². The molecule has 26 heavy (non-hydrogen) atoms. The first-order valence-electron chi connectivity index (χ1n) is 7.49. The smallest absolute Gasteiger partial charge is 0.264 e. The molecule has 0 unspecified atom stereocenters. The van der Waals surface area contributed by atoms with Crippen LogP contribution in [0.25, 0.3) is 6.08 Å². The van der Waals surface area contributed by atoms with E-state index in [1.807, 2.05) is 26.0 Å². The van der Waals surface area contributed by atoms with Crippen molar-refractivity contribution in [3.05, 3.63) is 60.4 Å². The monoisotopic (exact) mass is 470 g/mol. The van der Waals surface area contributed by atoms with Gasteiger partial charge in [0.1, 0.15) is 5.75 Å². The molecule has 8 heteroatoms. The molecule has 2 N–H and O–H groups in total. The van der Waals surface area contributed by atoms with Gasteiger partial charge in [-0.15, -0.1) is 0 Å². The second kappa shape index (κ2) is 7.64. The highest BCUT2D eigenvalue weighted by Crippen LogP contribution is 2.36. The average Bonchev–Trinajstić information content (AvgIpc) is 2.89. The molecule has 1 aliphatic rings. The number of nitrogens with zero attached hydrogens (tertiary/aromatic N) is 1. The third-order valence-electron chi connectivity index (χ3n) is 3.65. The number of halogens is 3. The van der Waals surface area contributed by atoms with Gasteiger partial charge in [0.2, 0.25) is 0 Å². The summed E-state index contributed by atoms with van der Waals surface area (Å²) in [5, 5.41) is 13.7. The number of aliphatic imine (C=N–C) groups is 1. The second-order valence-electron chi connectivity index (χ2n) is 5.70. The lowest BCUT2D eigenvalue weighted by Crippen LogP contribution is -2.19. The van der Waals surface area contributed by atoms with Crippen molar-refractivity contribution in [2.45, 2.75) is 13.8 Å². The van der Waals surface area contributed by atoms with E-state index in [-0.39, 0.29) is 16.7 Å². The maximum Gasteiger partial charge on any atom is 0.264 e. The van der Waals surface area contributed by atoms with Crippen LogP contribution in [0.4, 0.5) is 5.69 Å². The number of carbonyl (C=O) groups excluding carboxylic acids is 1. The van der Waals surface area contributed by atoms with Gasteiger partial charge in [0.25, 0.3) is 5.91 Å². The van der Waals surface area contributed by atoms with Crippen molar-refractivity contribution in [2.75, 3.05) is 0 Å². The largest absolute Gasteiger partial charge is 0.506 e. The van der Waals surface area contributed by atoms with E-state index in [0.29, 0.717) is 20.7 Å². The Morgan fingerprint density at radius 1 is 1.19 bits per heavy atom. The summed E-state index contributed by atoms with van der Waals surface area (Å²) in [5.74, 6) is -0.420. The molecule has 0 spiro atoms. The Balaban J connectivity index is 1.92. The van der Waals surface area contributed by atoms with Gasteiger partial charge in [0.15, 0.2) is 5.17 Å². The summed E-state index contributed by atoms with van der Waals surface area (Å²) < 4.78 is 1.04. The number of nitrogens with one attached hydrogen (secondary N) is 1. The molecule has 1 amide bonds. The van der Waals surface area contributed by atoms with Crippen molar-refractivity contribution in [1.29, 1.82) is 0 Å². The van der Waals surface area contributed by atoms with Crippen molar-refractivity contribution in [3.8, 4) is 5.75 Å². The number of phenolic OH excluding ortho intramolecular Hbond substituents is 1. The lowest BCUT2D eigenvalue weighted by Gasteiger charge is -2.05. The Morgan fingerprint density at radius 3 is 2.50 bits per heavy atom. The van der Waals surface area contributed by atoms with Gasteiger partial charge in [-0.2, -0.15) is 0 Å². The Morgan fingerprint density at radius 2 is 1.85 bits per heavy atom. The molecule has 0 atom stereocenters. The Bertz CT molecular complexity index is 966. The van der Waals surface area contributed by atoms with Crippen LogP contribution in [0.3, 0.4) is 0 Å². The van der Waals surface area contributed by atoms with E-state index in [0.717, 1.165) is 21.3 Å². The van der Waals surface area contributed by atoms with Gasteiger partial charge in [0, 0.05) is 15.1 Å². The first-order valence-corrected chi connectivity index (χ1v) is 9.85. The van der Waals surface area contributed by atoms with E-state index in [2.05, 4.69) is 26.2 Å². The number of benzene rings is 2. The molecule has 0 aliphatic carbocycles. The van der Waals surface area contributed by atoms with E-state index in [4.69, 9.17) is 23.2 Å². The SMILES string of the molecule is Cc1cc(N=C2NC(=O)/C(=C/c3cc(Cl)cc(Cl)c3O)S2)cc(C)c1Br. The van der Waals surface area contributed by atoms with E-state index in [9.17, 15) is 9.90 Å². The first-order chi connectivity index (χ1) is 12.2. The molecule has 1 fully saturated rings. The van der Waals surface area contributed by atoms with Crippen molar-refractivity contribution < 1.29 is 9.90 Å². The molecule has 2 aromatic carbocycles. The molecule has 1 saturated heterocycles. The molecule has 1 heterocycles. The molecular formula is C18H13BrCl2N2O2S. The van der Waals surface area contributed by atoms with Crippen LogP contribution in [0.15, 0.2) is 38.6 Å². The Hall–Kier alpha value is -1.47. The average molecular weight is 472 g/mol. The summed E-state index contributed by atoms with van der Waals surface area (Å²) in [4.78, 5) is 17.1. The number of phenols is 1. The Labute approximate surface area is 173 Å². The zero-order chi connectivity index (χ0) is 19.0. The minimum absolute atomic E-state index is 0.124. The quantitative estimate of drug-likeness (QED) is 0.530. The Kier molecular flexibility index (Phi) is 5.67. The molecular weight excluding hydrogens is 459 g/mol. The van der Waals surface area contributed by atoms with E-state index in [1.54, 1.807) is 6.07 Å². The zero-order valence-corrected chi connectivity index (χ0v) is 17.6. The number of hydrogen-bond donors (Lipinski definition) is 2. The lowest BCUT2D eigenvalue weighted by atomic mass is 10.1. The standard InChI is InChI=1S/C18H13BrCl2N2O2S/c1-8-3-12(4-9(2)15(8)19)22-18-23-17(25)14(26-18)6-10-5-11(20)7-13(21)16(10)24/h3-7,24H,1-2H3,(H,22,23,25)/b14-6-. The number of aryl methyl sites for hydroxylation is 2. The van der Waals surface area contributed by atoms with Crippen molar-refractivity contribution >= 4 is 73.7 Å². The van der Waals surface area contributed by atoms with Crippen LogP contribution in [0, 0.1) is 13.8 Å². The van der Waals surface area contributed by atoms with E-state index in [1.165, 1.54) is 23.9 Å². The summed E-state index contributed by atoms with van der Waals surface area (Å²) >= 11 is 16.6. The third-order valence-corrected chi connectivity index (χ3v) is 6.31. The number of rotatable bonds is 2. The van der Waals surface area contributed by atoms with Crippen LogP contribution in [0.1, 0.15) is 16.7 Å². The lowest BCUT2D eigenvalue weighted by molar-refractivity contribution is -0.115. The van der Waals surface area contributed by atoms with Crippen LogP contribution >= 0.6 is 50.9 Å². The molecule has 3 rings (SSSR count). The minimum atomic E-state index is -0.296. The molecule has 1 aliphatic heterocycles. The number of thioether (sulfide) groups is 1. The maximum atomic E-state index is 12.2. The van der Waals surface area contributed by atoms with Crippen molar-refractivity contribution in [1.82, 2.24) is 5.32 Å². The fraction of sp³-hybridized carbons (Fsp3) is 0.111. The van der Waals surface area contributed by atoms with Gasteiger partial charge < -0.3 is 10.4 Å². The first kappa shape index (κ1) is 19.3. The third kappa shape index (κ3) is 4.09. The molecule has 2 aromatic rings. The zero-order valence-electron chi connectivity index (χ0n) is 13.7. The molecule has 134 valence electrons. The van der Waals surface area contributed by atoms with Gasteiger partial charge in [-0.05, 0) is 67.1 Å². The van der Waals surface area contributed by atoms with Crippen molar-refractivity contribution in [2.24, 2.45) is 4.99 Å². The van der Waals surface area contributed by atoms with Gasteiger partial charge in [-0.25, -0.2) is 4.99 Å². The number of amidine groups is 1. The van der Waals surface area contributed by atoms with E-state index >= 15 is 0 Å². The highest BCUT2D eigenvalue weighted by atomic mass is 79.9. The molecule has 4 nitrogen and oxygen atoms in total. The highest BCUT2D eigenvalue weighted by Gasteiger charge is 2.24. The number of carbonyl (C=O) groups is 1. The molecule has 0 saturated carbocycles. The van der Waals surface area contributed by atoms with Crippen LogP contribution in [-0.2, 0) is 4.79 Å². The summed E-state index contributed by atoms with van der Waals surface area (Å²) in [6.07, 6.45) is 1.54. The topological polar surface area (TPSA) is 61.7 Å². The van der Waals surface area contributed by atoms with Crippen LogP contribution in [0.2, 0.25) is 10.0 Å². The molecule has 0 aromatic heterocycles. The summed E-state index contributed by atoms with van der Waals surface area (Å²) in [6, 6.07) is 6.84. The predicted molar refractivity (Wildman–Crippen MR) is 113 cm³/mol. The number of amides is 1. The fourth-order valence-corrected chi connectivity index (χ4v) is 3.99. The van der Waals surface area contributed by atoms with Crippen LogP contribution in [0.5, 0.6) is 5.75 Å². The highest BCUT2D eigenvalue weighted by molar-refractivity contribution is 9.10. The normalized spacial score (nSPS) is 17.2. The van der Waals surface area contributed by atoms with Gasteiger partial charge in [0.05, 0.1) is 15.6 Å². The maximum absolute atomic E-state index is 12.2. The van der Waals surface area contributed by atoms with Gasteiger partial charge in [-0.3, -0.25) is 4.79 Å². The van der Waals surface area contributed by atoms with Crippen LogP contribution in [-0.4, -0.2) is 16.2 Å². The van der Waals surface area contributed by atoms with Gasteiger partial charge >= 0.3 is 0 Å².